The van der Waals surface area contributed by atoms with E-state index in [-0.39, 0.29) is 0 Å². The topological polar surface area (TPSA) is 35.5 Å². The lowest BCUT2D eigenvalue weighted by Gasteiger charge is -2.14. The summed E-state index contributed by atoms with van der Waals surface area (Å²) >= 11 is 13.5. The molecule has 0 aromatic heterocycles. The quantitative estimate of drug-likeness (QED) is 0.442. The molecule has 2 aromatic carbocycles. The molecule has 22 heavy (non-hydrogen) atoms. The van der Waals surface area contributed by atoms with Gasteiger partial charge in [-0.05, 0) is 70.9 Å². The molecule has 0 aliphatic heterocycles. The predicted molar refractivity (Wildman–Crippen MR) is 96.3 cm³/mol. The lowest BCUT2D eigenvalue weighted by molar-refractivity contribution is 0.108. The molecule has 0 spiro atoms. The van der Waals surface area contributed by atoms with Gasteiger partial charge in [0.05, 0.1) is 10.2 Å². The standard InChI is InChI=1S/C16H13Cl2IO3/c1-2-21-14-8-11(16(18)20)7-13(19)15(14)22-9-10-3-5-12(17)6-4-10/h3-8H,2,9H2,1H3. The normalized spacial score (nSPS) is 10.4. The van der Waals surface area contributed by atoms with Crippen LogP contribution in [-0.2, 0) is 6.61 Å². The second-order valence-electron chi connectivity index (χ2n) is 4.41. The zero-order valence-electron chi connectivity index (χ0n) is 11.7. The molecular weight excluding hydrogens is 438 g/mol. The first-order valence-electron chi connectivity index (χ1n) is 6.54. The molecule has 0 radical (unpaired) electrons. The minimum Gasteiger partial charge on any atom is -0.490 e. The molecule has 0 unspecified atom stereocenters. The van der Waals surface area contributed by atoms with Crippen LogP contribution in [0.3, 0.4) is 0 Å². The average molecular weight is 451 g/mol. The van der Waals surface area contributed by atoms with E-state index in [9.17, 15) is 4.79 Å². The molecule has 2 aromatic rings. The van der Waals surface area contributed by atoms with Gasteiger partial charge in [0.15, 0.2) is 11.5 Å². The van der Waals surface area contributed by atoms with Crippen molar-refractivity contribution >= 4 is 51.0 Å². The molecule has 0 atom stereocenters. The zero-order chi connectivity index (χ0) is 16.1. The first kappa shape index (κ1) is 17.4. The number of rotatable bonds is 6. The lowest BCUT2D eigenvalue weighted by atomic mass is 10.2. The zero-order valence-corrected chi connectivity index (χ0v) is 15.4. The Kier molecular flexibility index (Phi) is 6.35. The Morgan fingerprint density at radius 1 is 1.18 bits per heavy atom. The number of halogens is 3. The van der Waals surface area contributed by atoms with Crippen LogP contribution in [-0.4, -0.2) is 11.8 Å². The first-order valence-corrected chi connectivity index (χ1v) is 8.38. The highest BCUT2D eigenvalue weighted by atomic mass is 127. The van der Waals surface area contributed by atoms with Gasteiger partial charge < -0.3 is 9.47 Å². The summed E-state index contributed by atoms with van der Waals surface area (Å²) in [5.41, 5.74) is 1.37. The summed E-state index contributed by atoms with van der Waals surface area (Å²) in [6, 6.07) is 10.7. The fraction of sp³-hybridized carbons (Fsp3) is 0.188. The maximum Gasteiger partial charge on any atom is 0.252 e. The second kappa shape index (κ2) is 8.04. The van der Waals surface area contributed by atoms with Gasteiger partial charge in [0.2, 0.25) is 0 Å². The van der Waals surface area contributed by atoms with Crippen molar-refractivity contribution in [3.8, 4) is 11.5 Å². The van der Waals surface area contributed by atoms with E-state index < -0.39 is 5.24 Å². The van der Waals surface area contributed by atoms with Crippen LogP contribution in [0.1, 0.15) is 22.8 Å². The highest BCUT2D eigenvalue weighted by Gasteiger charge is 2.15. The van der Waals surface area contributed by atoms with Crippen LogP contribution >= 0.6 is 45.8 Å². The van der Waals surface area contributed by atoms with Gasteiger partial charge in [-0.1, -0.05) is 23.7 Å². The Labute approximate surface area is 152 Å². The van der Waals surface area contributed by atoms with Crippen LogP contribution in [0.25, 0.3) is 0 Å². The molecule has 0 bridgehead atoms. The second-order valence-corrected chi connectivity index (χ2v) is 6.35. The highest BCUT2D eigenvalue weighted by molar-refractivity contribution is 14.1. The minimum absolute atomic E-state index is 0.376. The maximum atomic E-state index is 11.3. The van der Waals surface area contributed by atoms with Crippen molar-refractivity contribution in [1.82, 2.24) is 0 Å². The van der Waals surface area contributed by atoms with Gasteiger partial charge in [-0.25, -0.2) is 0 Å². The molecule has 0 fully saturated rings. The molecule has 6 heteroatoms. The van der Waals surface area contributed by atoms with Crippen molar-refractivity contribution in [2.75, 3.05) is 6.61 Å². The van der Waals surface area contributed by atoms with E-state index in [4.69, 9.17) is 32.7 Å². The van der Waals surface area contributed by atoms with Gasteiger partial charge >= 0.3 is 0 Å². The fourth-order valence-electron chi connectivity index (χ4n) is 1.82. The Morgan fingerprint density at radius 3 is 2.45 bits per heavy atom. The molecule has 3 nitrogen and oxygen atoms in total. The summed E-state index contributed by atoms with van der Waals surface area (Å²) in [6.45, 7) is 2.71. The smallest absolute Gasteiger partial charge is 0.252 e. The van der Waals surface area contributed by atoms with Crippen LogP contribution in [0.15, 0.2) is 36.4 Å². The number of carbonyl (C=O) groups excluding carboxylic acids is 1. The van der Waals surface area contributed by atoms with Crippen LogP contribution in [0.5, 0.6) is 11.5 Å². The number of hydrogen-bond acceptors (Lipinski definition) is 3. The molecule has 0 N–H and O–H groups in total. The van der Waals surface area contributed by atoms with E-state index in [1.54, 1.807) is 12.1 Å². The summed E-state index contributed by atoms with van der Waals surface area (Å²) in [6.07, 6.45) is 0. The molecular formula is C16H13Cl2IO3. The molecule has 116 valence electrons. The molecule has 0 saturated heterocycles. The molecule has 0 aliphatic carbocycles. The largest absolute Gasteiger partial charge is 0.490 e. The Hall–Kier alpha value is -0.980. The minimum atomic E-state index is -0.525. The monoisotopic (exact) mass is 450 g/mol. The van der Waals surface area contributed by atoms with E-state index in [2.05, 4.69) is 22.6 Å². The van der Waals surface area contributed by atoms with Gasteiger partial charge in [-0.2, -0.15) is 0 Å². The SMILES string of the molecule is CCOc1cc(C(=O)Cl)cc(I)c1OCc1ccc(Cl)cc1. The Balaban J connectivity index is 2.25. The van der Waals surface area contributed by atoms with Crippen molar-refractivity contribution < 1.29 is 14.3 Å². The van der Waals surface area contributed by atoms with E-state index in [1.165, 1.54) is 0 Å². The lowest BCUT2D eigenvalue weighted by Crippen LogP contribution is -2.03. The van der Waals surface area contributed by atoms with Crippen molar-refractivity contribution in [3.63, 3.8) is 0 Å². The van der Waals surface area contributed by atoms with Gasteiger partial charge in [0, 0.05) is 10.6 Å². The van der Waals surface area contributed by atoms with E-state index in [0.717, 1.165) is 9.13 Å². The number of benzene rings is 2. The first-order chi connectivity index (χ1) is 10.5. The van der Waals surface area contributed by atoms with Gasteiger partial charge in [-0.3, -0.25) is 4.79 Å². The maximum absolute atomic E-state index is 11.3. The predicted octanol–water partition coefficient (Wildman–Crippen LogP) is 5.30. The Bertz CT molecular complexity index is 672. The van der Waals surface area contributed by atoms with E-state index in [0.29, 0.717) is 35.3 Å². The third-order valence-corrected chi connectivity index (χ3v) is 4.10. The van der Waals surface area contributed by atoms with Crippen LogP contribution in [0.4, 0.5) is 0 Å². The fourth-order valence-corrected chi connectivity index (χ4v) is 2.81. The molecule has 0 saturated carbocycles. The number of hydrogen-bond donors (Lipinski definition) is 0. The van der Waals surface area contributed by atoms with E-state index in [1.807, 2.05) is 31.2 Å². The van der Waals surface area contributed by atoms with Gasteiger partial charge in [0.1, 0.15) is 6.61 Å². The molecule has 0 aliphatic rings. The molecule has 0 heterocycles. The summed E-state index contributed by atoms with van der Waals surface area (Å²) in [4.78, 5) is 11.3. The average Bonchev–Trinajstić information content (AvgIpc) is 2.48. The Morgan fingerprint density at radius 2 is 1.86 bits per heavy atom. The van der Waals surface area contributed by atoms with Crippen molar-refractivity contribution in [2.45, 2.75) is 13.5 Å². The van der Waals surface area contributed by atoms with Crippen molar-refractivity contribution in [2.24, 2.45) is 0 Å². The van der Waals surface area contributed by atoms with Crippen molar-refractivity contribution in [3.05, 3.63) is 56.1 Å². The highest BCUT2D eigenvalue weighted by Crippen LogP contribution is 2.35. The summed E-state index contributed by atoms with van der Waals surface area (Å²) in [5.74, 6) is 1.10. The van der Waals surface area contributed by atoms with Crippen LogP contribution in [0, 0.1) is 3.57 Å². The van der Waals surface area contributed by atoms with E-state index >= 15 is 0 Å². The van der Waals surface area contributed by atoms with Gasteiger partial charge in [-0.15, -0.1) is 0 Å². The number of carbonyl (C=O) groups is 1. The molecule has 0 amide bonds. The van der Waals surface area contributed by atoms with Crippen LogP contribution in [0.2, 0.25) is 5.02 Å². The van der Waals surface area contributed by atoms with Crippen molar-refractivity contribution in [1.29, 1.82) is 0 Å². The third kappa shape index (κ3) is 4.51. The third-order valence-electron chi connectivity index (χ3n) is 2.83. The summed E-state index contributed by atoms with van der Waals surface area (Å²) in [5, 5.41) is 0.154. The van der Waals surface area contributed by atoms with Gasteiger partial charge in [0.25, 0.3) is 5.24 Å². The summed E-state index contributed by atoms with van der Waals surface area (Å²) < 4.78 is 12.2. The summed E-state index contributed by atoms with van der Waals surface area (Å²) in [7, 11) is 0. The van der Waals surface area contributed by atoms with Crippen LogP contribution < -0.4 is 9.47 Å². The molecule has 2 rings (SSSR count). The number of ether oxygens (including phenoxy) is 2.